The zero-order chi connectivity index (χ0) is 17.0. The molecule has 0 bridgehead atoms. The SMILES string of the molecule is C[C@H]1OCCN[C@@H]1C(=O)NCC1CCN(S(=O)(=O)C(F)F)CC1.Cl. The topological polar surface area (TPSA) is 87.7 Å². The van der Waals surface area contributed by atoms with Gasteiger partial charge >= 0.3 is 5.76 Å². The van der Waals surface area contributed by atoms with Crippen molar-refractivity contribution < 1.29 is 26.7 Å². The molecule has 142 valence electrons. The number of ether oxygens (including phenoxy) is 1. The molecule has 0 unspecified atom stereocenters. The highest BCUT2D eigenvalue weighted by Gasteiger charge is 2.35. The third-order valence-corrected chi connectivity index (χ3v) is 5.86. The second kappa shape index (κ2) is 9.23. The van der Waals surface area contributed by atoms with Crippen LogP contribution in [0.15, 0.2) is 0 Å². The van der Waals surface area contributed by atoms with Gasteiger partial charge in [0.05, 0.1) is 12.7 Å². The molecular weight excluding hydrogens is 368 g/mol. The first-order chi connectivity index (χ1) is 10.8. The minimum absolute atomic E-state index is 0. The molecule has 2 aliphatic rings. The summed E-state index contributed by atoms with van der Waals surface area (Å²) in [5.41, 5.74) is 0. The second-order valence-corrected chi connectivity index (χ2v) is 7.80. The Bertz CT molecular complexity index is 515. The first kappa shape index (κ1) is 21.5. The molecule has 0 radical (unpaired) electrons. The first-order valence-electron chi connectivity index (χ1n) is 7.72. The predicted molar refractivity (Wildman–Crippen MR) is 86.7 cm³/mol. The van der Waals surface area contributed by atoms with Gasteiger partial charge in [0.1, 0.15) is 6.04 Å². The van der Waals surface area contributed by atoms with Crippen molar-refractivity contribution in [3.05, 3.63) is 0 Å². The number of carbonyl (C=O) groups is 1. The minimum atomic E-state index is -4.49. The summed E-state index contributed by atoms with van der Waals surface area (Å²) >= 11 is 0. The minimum Gasteiger partial charge on any atom is -0.375 e. The maximum Gasteiger partial charge on any atom is 0.350 e. The summed E-state index contributed by atoms with van der Waals surface area (Å²) < 4.78 is 54.0. The summed E-state index contributed by atoms with van der Waals surface area (Å²) in [6.07, 6.45) is 0.703. The van der Waals surface area contributed by atoms with E-state index >= 15 is 0 Å². The first-order valence-corrected chi connectivity index (χ1v) is 9.22. The van der Waals surface area contributed by atoms with Crippen LogP contribution in [0.2, 0.25) is 0 Å². The second-order valence-electron chi connectivity index (χ2n) is 5.90. The number of halogens is 3. The summed E-state index contributed by atoms with van der Waals surface area (Å²) in [6, 6.07) is -0.400. The van der Waals surface area contributed by atoms with E-state index in [-0.39, 0.29) is 43.4 Å². The number of carbonyl (C=O) groups excluding carboxylic acids is 1. The van der Waals surface area contributed by atoms with Crippen LogP contribution in [-0.2, 0) is 19.6 Å². The van der Waals surface area contributed by atoms with Crippen LogP contribution >= 0.6 is 12.4 Å². The summed E-state index contributed by atoms with van der Waals surface area (Å²) in [4.78, 5) is 12.1. The lowest BCUT2D eigenvalue weighted by Gasteiger charge is -2.32. The fourth-order valence-corrected chi connectivity index (χ4v) is 3.81. The summed E-state index contributed by atoms with van der Waals surface area (Å²) in [5.74, 6) is -3.44. The number of rotatable bonds is 5. The largest absolute Gasteiger partial charge is 0.375 e. The fraction of sp³-hybridized carbons (Fsp3) is 0.923. The van der Waals surface area contributed by atoms with Crippen LogP contribution < -0.4 is 10.6 Å². The molecule has 2 aliphatic heterocycles. The van der Waals surface area contributed by atoms with E-state index in [1.54, 1.807) is 0 Å². The van der Waals surface area contributed by atoms with Gasteiger partial charge in [-0.3, -0.25) is 4.79 Å². The number of piperidine rings is 1. The lowest BCUT2D eigenvalue weighted by molar-refractivity contribution is -0.129. The van der Waals surface area contributed by atoms with Crippen molar-refractivity contribution in [2.24, 2.45) is 5.92 Å². The van der Waals surface area contributed by atoms with Crippen molar-refractivity contribution in [2.45, 2.75) is 37.7 Å². The zero-order valence-electron chi connectivity index (χ0n) is 13.4. The van der Waals surface area contributed by atoms with E-state index < -0.39 is 21.8 Å². The molecule has 0 aromatic rings. The Morgan fingerprint density at radius 3 is 2.54 bits per heavy atom. The van der Waals surface area contributed by atoms with Gasteiger partial charge in [0, 0.05) is 26.2 Å². The molecule has 2 rings (SSSR count). The number of nitrogens with zero attached hydrogens (tertiary/aromatic N) is 1. The number of hydrogen-bond donors (Lipinski definition) is 2. The van der Waals surface area contributed by atoms with Gasteiger partial charge in [-0.1, -0.05) is 0 Å². The lowest BCUT2D eigenvalue weighted by Crippen LogP contribution is -2.56. The van der Waals surface area contributed by atoms with E-state index in [4.69, 9.17) is 4.74 Å². The maximum atomic E-state index is 12.5. The molecule has 0 aromatic carbocycles. The average molecular weight is 392 g/mol. The van der Waals surface area contributed by atoms with Crippen molar-refractivity contribution in [3.63, 3.8) is 0 Å². The quantitative estimate of drug-likeness (QED) is 0.697. The van der Waals surface area contributed by atoms with Crippen LogP contribution in [0.4, 0.5) is 8.78 Å². The summed E-state index contributed by atoms with van der Waals surface area (Å²) in [6.45, 7) is 3.55. The molecule has 2 saturated heterocycles. The number of alkyl halides is 2. The van der Waals surface area contributed by atoms with Gasteiger partial charge in [0.2, 0.25) is 5.91 Å². The van der Waals surface area contributed by atoms with E-state index in [2.05, 4.69) is 10.6 Å². The molecule has 2 N–H and O–H groups in total. The van der Waals surface area contributed by atoms with Crippen molar-refractivity contribution in [1.29, 1.82) is 0 Å². The highest BCUT2D eigenvalue weighted by Crippen LogP contribution is 2.22. The van der Waals surface area contributed by atoms with Crippen LogP contribution in [-0.4, -0.2) is 69.3 Å². The number of hydrogen-bond acceptors (Lipinski definition) is 5. The normalized spacial score (nSPS) is 26.8. The van der Waals surface area contributed by atoms with E-state index in [1.165, 1.54) is 0 Å². The van der Waals surface area contributed by atoms with Crippen LogP contribution in [0.3, 0.4) is 0 Å². The van der Waals surface area contributed by atoms with E-state index in [0.717, 1.165) is 4.31 Å². The highest BCUT2D eigenvalue weighted by molar-refractivity contribution is 7.89. The van der Waals surface area contributed by atoms with Crippen LogP contribution in [0, 0.1) is 5.92 Å². The third-order valence-electron chi connectivity index (χ3n) is 4.32. The Labute approximate surface area is 146 Å². The number of morpholine rings is 1. The van der Waals surface area contributed by atoms with E-state index in [0.29, 0.717) is 32.5 Å². The van der Waals surface area contributed by atoms with Crippen LogP contribution in [0.1, 0.15) is 19.8 Å². The molecular formula is C13H24ClF2N3O4S. The van der Waals surface area contributed by atoms with E-state index in [1.807, 2.05) is 6.92 Å². The number of nitrogens with one attached hydrogen (secondary N) is 2. The van der Waals surface area contributed by atoms with Gasteiger partial charge in [-0.25, -0.2) is 8.42 Å². The molecule has 0 saturated carbocycles. The van der Waals surface area contributed by atoms with Gasteiger partial charge in [-0.05, 0) is 25.7 Å². The Kier molecular flexibility index (Phi) is 8.27. The van der Waals surface area contributed by atoms with E-state index in [9.17, 15) is 22.0 Å². The molecule has 24 heavy (non-hydrogen) atoms. The van der Waals surface area contributed by atoms with Gasteiger partial charge in [-0.2, -0.15) is 13.1 Å². The Balaban J connectivity index is 0.00000288. The van der Waals surface area contributed by atoms with Crippen molar-refractivity contribution >= 4 is 28.3 Å². The third kappa shape index (κ3) is 5.22. The van der Waals surface area contributed by atoms with Gasteiger partial charge < -0.3 is 15.4 Å². The van der Waals surface area contributed by atoms with Crippen molar-refractivity contribution in [1.82, 2.24) is 14.9 Å². The van der Waals surface area contributed by atoms with Crippen molar-refractivity contribution in [2.75, 3.05) is 32.8 Å². The maximum absolute atomic E-state index is 12.5. The zero-order valence-corrected chi connectivity index (χ0v) is 15.0. The molecule has 2 fully saturated rings. The lowest BCUT2D eigenvalue weighted by atomic mass is 9.98. The molecule has 2 heterocycles. The Morgan fingerprint density at radius 1 is 1.38 bits per heavy atom. The molecule has 0 spiro atoms. The fourth-order valence-electron chi connectivity index (χ4n) is 2.86. The van der Waals surface area contributed by atoms with Gasteiger partial charge in [0.15, 0.2) is 0 Å². The number of sulfonamides is 1. The van der Waals surface area contributed by atoms with Crippen LogP contribution in [0.5, 0.6) is 0 Å². The summed E-state index contributed by atoms with van der Waals surface area (Å²) in [5, 5.41) is 5.92. The average Bonchev–Trinajstić information content (AvgIpc) is 2.53. The smallest absolute Gasteiger partial charge is 0.350 e. The molecule has 7 nitrogen and oxygen atoms in total. The molecule has 0 aliphatic carbocycles. The standard InChI is InChI=1S/C13H23F2N3O4S.ClH/c1-9-11(16-4-7-22-9)12(19)17-8-10-2-5-18(6-3-10)23(20,21)13(14)15;/h9-11,13,16H,2-8H2,1H3,(H,17,19);1H/t9-,11+;/m1./s1. The predicted octanol–water partition coefficient (Wildman–Crippen LogP) is 0.166. The van der Waals surface area contributed by atoms with Crippen molar-refractivity contribution in [3.8, 4) is 0 Å². The molecule has 2 atom stereocenters. The Hall–Kier alpha value is -0.550. The Morgan fingerprint density at radius 2 is 2.00 bits per heavy atom. The summed E-state index contributed by atoms with van der Waals surface area (Å²) in [7, 11) is -4.49. The molecule has 1 amide bonds. The molecule has 11 heteroatoms. The monoisotopic (exact) mass is 391 g/mol. The van der Waals surface area contributed by atoms with Crippen LogP contribution in [0.25, 0.3) is 0 Å². The van der Waals surface area contributed by atoms with Gasteiger partial charge in [-0.15, -0.1) is 12.4 Å². The number of amides is 1. The van der Waals surface area contributed by atoms with Gasteiger partial charge in [0.25, 0.3) is 10.0 Å². The highest BCUT2D eigenvalue weighted by atomic mass is 35.5. The molecule has 0 aromatic heterocycles.